The molecule has 144 valence electrons. The van der Waals surface area contributed by atoms with Crippen molar-refractivity contribution in [3.05, 3.63) is 68.9 Å². The molecule has 0 radical (unpaired) electrons. The fraction of sp³-hybridized carbons (Fsp3) is 0.278. The second-order valence-corrected chi connectivity index (χ2v) is 9.47. The van der Waals surface area contributed by atoms with Crippen molar-refractivity contribution in [3.8, 4) is 0 Å². The highest BCUT2D eigenvalue weighted by Crippen LogP contribution is 2.30. The van der Waals surface area contributed by atoms with Gasteiger partial charge in [0.1, 0.15) is 5.82 Å². The summed E-state index contributed by atoms with van der Waals surface area (Å²) in [6.45, 7) is 0. The lowest BCUT2D eigenvalue weighted by molar-refractivity contribution is -0.122. The molecular weight excluding hydrogens is 459 g/mol. The number of nitrogens with one attached hydrogen (secondary N) is 1. The average molecular weight is 476 g/mol. The van der Waals surface area contributed by atoms with E-state index in [-0.39, 0.29) is 17.2 Å². The Morgan fingerprint density at radius 1 is 1.33 bits per heavy atom. The molecule has 1 aliphatic heterocycles. The lowest BCUT2D eigenvalue weighted by Crippen LogP contribution is -2.55. The van der Waals surface area contributed by atoms with Crippen molar-refractivity contribution in [1.29, 1.82) is 0 Å². The summed E-state index contributed by atoms with van der Waals surface area (Å²) in [5, 5.41) is -0.0707. The molecule has 0 bridgehead atoms. The van der Waals surface area contributed by atoms with Crippen LogP contribution in [0.3, 0.4) is 0 Å². The van der Waals surface area contributed by atoms with E-state index in [0.717, 1.165) is 14.3 Å². The molecule has 2 atom stereocenters. The third kappa shape index (κ3) is 4.57. The van der Waals surface area contributed by atoms with Gasteiger partial charge in [-0.1, -0.05) is 45.7 Å². The summed E-state index contributed by atoms with van der Waals surface area (Å²) >= 11 is 9.14. The molecule has 0 saturated carbocycles. The largest absolute Gasteiger partial charge is 0.298 e. The first kappa shape index (κ1) is 20.4. The number of halogens is 3. The van der Waals surface area contributed by atoms with Gasteiger partial charge in [0, 0.05) is 24.0 Å². The van der Waals surface area contributed by atoms with E-state index in [0.29, 0.717) is 12.0 Å². The molecule has 1 fully saturated rings. The summed E-state index contributed by atoms with van der Waals surface area (Å²) in [6, 6.07) is 9.98. The maximum atomic E-state index is 13.3. The number of ketones is 1. The molecule has 5 nitrogen and oxygen atoms in total. The van der Waals surface area contributed by atoms with Gasteiger partial charge in [-0.15, -0.1) is 0 Å². The molecule has 1 saturated heterocycles. The lowest BCUT2D eigenvalue weighted by Gasteiger charge is -2.36. The molecule has 0 aromatic heterocycles. The molecule has 2 aromatic rings. The number of hydrogen-bond donors (Lipinski definition) is 1. The van der Waals surface area contributed by atoms with Crippen molar-refractivity contribution < 1.29 is 17.6 Å². The topological polar surface area (TPSA) is 66.5 Å². The van der Waals surface area contributed by atoms with Gasteiger partial charge in [-0.3, -0.25) is 4.79 Å². The molecule has 9 heteroatoms. The molecule has 1 heterocycles. The van der Waals surface area contributed by atoms with E-state index in [4.69, 9.17) is 11.6 Å². The number of likely N-dealkylation sites (N-methyl/N-ethyl adjacent to an activating group) is 1. The second-order valence-electron chi connectivity index (χ2n) is 6.39. The van der Waals surface area contributed by atoms with Gasteiger partial charge in [0.15, 0.2) is 5.78 Å². The summed E-state index contributed by atoms with van der Waals surface area (Å²) in [6.07, 6.45) is 0.260. The Labute approximate surface area is 170 Å². The summed E-state index contributed by atoms with van der Waals surface area (Å²) in [5.41, 5.74) is 1.30. The summed E-state index contributed by atoms with van der Waals surface area (Å²) in [7, 11) is -2.44. The van der Waals surface area contributed by atoms with Crippen LogP contribution in [0.4, 0.5) is 4.39 Å². The van der Waals surface area contributed by atoms with Crippen LogP contribution in [-0.4, -0.2) is 31.6 Å². The molecule has 1 N–H and O–H groups in total. The predicted molar refractivity (Wildman–Crippen MR) is 105 cm³/mol. The maximum absolute atomic E-state index is 13.3. The number of Topliss-reactive ketones (excluding diaryl/α,β-unsaturated/α-hetero) is 1. The smallest absolute Gasteiger partial charge is 0.280 e. The number of hydrogen-bond acceptors (Lipinski definition) is 3. The van der Waals surface area contributed by atoms with Gasteiger partial charge in [0.25, 0.3) is 10.2 Å². The van der Waals surface area contributed by atoms with Crippen LogP contribution >= 0.6 is 27.5 Å². The van der Waals surface area contributed by atoms with Crippen LogP contribution in [0.5, 0.6) is 0 Å². The zero-order valence-electron chi connectivity index (χ0n) is 14.3. The van der Waals surface area contributed by atoms with E-state index in [9.17, 15) is 17.6 Å². The Bertz CT molecular complexity index is 986. The Morgan fingerprint density at radius 3 is 2.74 bits per heavy atom. The number of rotatable bonds is 4. The summed E-state index contributed by atoms with van der Waals surface area (Å²) < 4.78 is 42.8. The van der Waals surface area contributed by atoms with Crippen LogP contribution in [0.2, 0.25) is 5.02 Å². The van der Waals surface area contributed by atoms with Crippen molar-refractivity contribution >= 4 is 43.5 Å². The monoisotopic (exact) mass is 474 g/mol. The normalized spacial score (nSPS) is 22.5. The van der Waals surface area contributed by atoms with E-state index in [1.165, 1.54) is 25.2 Å². The van der Waals surface area contributed by atoms with Crippen molar-refractivity contribution in [1.82, 2.24) is 9.03 Å². The number of carbonyl (C=O) groups excluding carboxylic acids is 1. The third-order valence-electron chi connectivity index (χ3n) is 4.55. The van der Waals surface area contributed by atoms with Crippen LogP contribution in [0.15, 0.2) is 46.9 Å². The molecule has 0 amide bonds. The molecule has 0 spiro atoms. The summed E-state index contributed by atoms with van der Waals surface area (Å²) in [4.78, 5) is 12.8. The van der Waals surface area contributed by atoms with Gasteiger partial charge in [0.05, 0.1) is 11.1 Å². The summed E-state index contributed by atoms with van der Waals surface area (Å²) in [5.74, 6) is -0.839. The van der Waals surface area contributed by atoms with E-state index >= 15 is 0 Å². The van der Waals surface area contributed by atoms with Crippen LogP contribution in [-0.2, 0) is 21.4 Å². The van der Waals surface area contributed by atoms with Crippen molar-refractivity contribution in [2.45, 2.75) is 24.9 Å². The van der Waals surface area contributed by atoms with E-state index < -0.39 is 28.1 Å². The molecule has 0 aliphatic carbocycles. The van der Waals surface area contributed by atoms with E-state index in [1.807, 2.05) is 24.3 Å². The number of carbonyl (C=O) groups is 1. The van der Waals surface area contributed by atoms with Crippen molar-refractivity contribution in [2.75, 3.05) is 7.05 Å². The fourth-order valence-corrected chi connectivity index (χ4v) is 5.00. The highest BCUT2D eigenvalue weighted by Gasteiger charge is 2.40. The van der Waals surface area contributed by atoms with Crippen molar-refractivity contribution in [3.63, 3.8) is 0 Å². The molecule has 2 aromatic carbocycles. The third-order valence-corrected chi connectivity index (χ3v) is 6.93. The Kier molecular flexibility index (Phi) is 6.02. The Balaban J connectivity index is 1.85. The highest BCUT2D eigenvalue weighted by molar-refractivity contribution is 9.10. The standard InChI is InChI=1S/C18H17BrClFN2O3S/c1-23-17(18(24)8-11-5-6-15(21)14(20)7-11)10-16(22-27(23,25)26)12-3-2-4-13(19)9-12/h2-7,9,16-17,22H,8,10H2,1H3/t16-,17+/m0/s1. The Morgan fingerprint density at radius 2 is 2.07 bits per heavy atom. The molecular formula is C18H17BrClFN2O3S. The fourth-order valence-electron chi connectivity index (χ4n) is 3.08. The van der Waals surface area contributed by atoms with Gasteiger partial charge in [-0.05, 0) is 41.8 Å². The van der Waals surface area contributed by atoms with Gasteiger partial charge in [-0.2, -0.15) is 17.4 Å². The zero-order valence-corrected chi connectivity index (χ0v) is 17.5. The van der Waals surface area contributed by atoms with Gasteiger partial charge in [-0.25, -0.2) is 4.39 Å². The van der Waals surface area contributed by atoms with Gasteiger partial charge < -0.3 is 0 Å². The minimum atomic E-state index is -3.81. The number of nitrogens with zero attached hydrogens (tertiary/aromatic N) is 1. The first-order chi connectivity index (χ1) is 12.7. The van der Waals surface area contributed by atoms with E-state index in [1.54, 1.807) is 0 Å². The van der Waals surface area contributed by atoms with Crippen LogP contribution in [0.1, 0.15) is 23.6 Å². The zero-order chi connectivity index (χ0) is 19.8. The average Bonchev–Trinajstić information content (AvgIpc) is 2.60. The van der Waals surface area contributed by atoms with Crippen molar-refractivity contribution in [2.24, 2.45) is 0 Å². The predicted octanol–water partition coefficient (Wildman–Crippen LogP) is 3.63. The minimum Gasteiger partial charge on any atom is -0.298 e. The molecule has 0 unspecified atom stereocenters. The second kappa shape index (κ2) is 7.97. The van der Waals surface area contributed by atoms with Gasteiger partial charge in [0.2, 0.25) is 0 Å². The van der Waals surface area contributed by atoms with Crippen LogP contribution < -0.4 is 4.72 Å². The first-order valence-electron chi connectivity index (χ1n) is 8.15. The number of benzene rings is 2. The maximum Gasteiger partial charge on any atom is 0.280 e. The quantitative estimate of drug-likeness (QED) is 0.734. The Hall–Kier alpha value is -1.32. The van der Waals surface area contributed by atoms with Gasteiger partial charge >= 0.3 is 0 Å². The first-order valence-corrected chi connectivity index (χ1v) is 10.8. The SMILES string of the molecule is CN1[C@@H](C(=O)Cc2ccc(F)c(Cl)c2)C[C@@H](c2cccc(Br)c2)NS1(=O)=O. The highest BCUT2D eigenvalue weighted by atomic mass is 79.9. The lowest BCUT2D eigenvalue weighted by atomic mass is 9.95. The molecule has 27 heavy (non-hydrogen) atoms. The van der Waals surface area contributed by atoms with Crippen LogP contribution in [0.25, 0.3) is 0 Å². The molecule has 1 aliphatic rings. The molecule has 3 rings (SSSR count). The minimum absolute atomic E-state index is 0.0320. The van der Waals surface area contributed by atoms with Crippen LogP contribution in [0, 0.1) is 5.82 Å². The van der Waals surface area contributed by atoms with E-state index in [2.05, 4.69) is 20.7 Å².